The lowest BCUT2D eigenvalue weighted by Crippen LogP contribution is -2.14. The summed E-state index contributed by atoms with van der Waals surface area (Å²) in [5, 5.41) is 0. The van der Waals surface area contributed by atoms with Crippen LogP contribution in [-0.2, 0) is 10.5 Å². The molecule has 2 fully saturated rings. The number of hydrogen-bond donors (Lipinski definition) is 0. The SMILES string of the molecule is Fc1cc(Br)ccc1C12CN1CCO2. The van der Waals surface area contributed by atoms with Crippen LogP contribution < -0.4 is 0 Å². The van der Waals surface area contributed by atoms with E-state index in [0.29, 0.717) is 12.2 Å². The van der Waals surface area contributed by atoms with E-state index >= 15 is 0 Å². The van der Waals surface area contributed by atoms with Gasteiger partial charge in [0.05, 0.1) is 6.61 Å². The second-order valence-corrected chi connectivity index (χ2v) is 4.59. The predicted molar refractivity (Wildman–Crippen MR) is 53.3 cm³/mol. The molecule has 2 aliphatic heterocycles. The number of morpholine rings is 1. The van der Waals surface area contributed by atoms with Crippen molar-refractivity contribution in [2.24, 2.45) is 0 Å². The molecule has 2 nitrogen and oxygen atoms in total. The van der Waals surface area contributed by atoms with Crippen LogP contribution in [0.2, 0.25) is 0 Å². The van der Waals surface area contributed by atoms with Crippen LogP contribution in [0.5, 0.6) is 0 Å². The van der Waals surface area contributed by atoms with Gasteiger partial charge in [-0.3, -0.25) is 4.90 Å². The van der Waals surface area contributed by atoms with E-state index in [-0.39, 0.29) is 5.82 Å². The van der Waals surface area contributed by atoms with E-state index in [9.17, 15) is 4.39 Å². The fraction of sp³-hybridized carbons (Fsp3) is 0.400. The Hall–Kier alpha value is -0.450. The van der Waals surface area contributed by atoms with E-state index in [1.165, 1.54) is 6.07 Å². The van der Waals surface area contributed by atoms with Crippen LogP contribution in [0, 0.1) is 5.82 Å². The molecule has 2 aliphatic rings. The highest BCUT2D eigenvalue weighted by atomic mass is 79.9. The molecule has 0 N–H and O–H groups in total. The Morgan fingerprint density at radius 1 is 1.50 bits per heavy atom. The largest absolute Gasteiger partial charge is 0.353 e. The number of fused-ring (bicyclic) bond motifs is 1. The molecule has 0 amide bonds. The first-order chi connectivity index (χ1) is 6.72. The van der Waals surface area contributed by atoms with Gasteiger partial charge in [-0.1, -0.05) is 22.0 Å². The summed E-state index contributed by atoms with van der Waals surface area (Å²) >= 11 is 3.24. The first-order valence-corrected chi connectivity index (χ1v) is 5.36. The van der Waals surface area contributed by atoms with Crippen molar-refractivity contribution < 1.29 is 9.13 Å². The molecule has 0 bridgehead atoms. The van der Waals surface area contributed by atoms with E-state index in [2.05, 4.69) is 20.8 Å². The van der Waals surface area contributed by atoms with Crippen LogP contribution >= 0.6 is 15.9 Å². The Labute approximate surface area is 89.8 Å². The number of rotatable bonds is 1. The molecule has 2 heterocycles. The molecule has 0 saturated carbocycles. The van der Waals surface area contributed by atoms with Crippen molar-refractivity contribution >= 4 is 15.9 Å². The smallest absolute Gasteiger partial charge is 0.163 e. The summed E-state index contributed by atoms with van der Waals surface area (Å²) in [7, 11) is 0. The molecular formula is C10H9BrFNO. The standard InChI is InChI=1S/C10H9BrFNO/c11-7-1-2-8(9(12)5-7)10-6-13(10)3-4-14-10/h1-2,5H,3-4,6H2. The number of ether oxygens (including phenoxy) is 1. The number of benzene rings is 1. The van der Waals surface area contributed by atoms with Gasteiger partial charge in [0.1, 0.15) is 5.82 Å². The minimum absolute atomic E-state index is 0.191. The maximum absolute atomic E-state index is 13.6. The highest BCUT2D eigenvalue weighted by Crippen LogP contribution is 2.48. The Morgan fingerprint density at radius 3 is 2.93 bits per heavy atom. The molecule has 2 saturated heterocycles. The zero-order valence-electron chi connectivity index (χ0n) is 7.46. The van der Waals surface area contributed by atoms with Gasteiger partial charge in [0.25, 0.3) is 0 Å². The van der Waals surface area contributed by atoms with E-state index in [0.717, 1.165) is 17.6 Å². The quantitative estimate of drug-likeness (QED) is 0.715. The summed E-state index contributed by atoms with van der Waals surface area (Å²) in [6, 6.07) is 5.14. The lowest BCUT2D eigenvalue weighted by molar-refractivity contribution is 0.0558. The average molecular weight is 258 g/mol. The van der Waals surface area contributed by atoms with Crippen molar-refractivity contribution in [3.05, 3.63) is 34.1 Å². The van der Waals surface area contributed by atoms with Gasteiger partial charge in [-0.2, -0.15) is 0 Å². The maximum atomic E-state index is 13.6. The molecule has 0 aliphatic carbocycles. The molecule has 3 rings (SSSR count). The van der Waals surface area contributed by atoms with Gasteiger partial charge in [0, 0.05) is 23.1 Å². The molecule has 74 valence electrons. The molecule has 0 radical (unpaired) electrons. The molecule has 14 heavy (non-hydrogen) atoms. The molecule has 2 unspecified atom stereocenters. The average Bonchev–Trinajstić information content (AvgIpc) is 2.69. The third-order valence-corrected chi connectivity index (χ3v) is 3.36. The molecule has 1 aromatic rings. The summed E-state index contributed by atoms with van der Waals surface area (Å²) in [5.74, 6) is -0.191. The summed E-state index contributed by atoms with van der Waals surface area (Å²) in [5.41, 5.74) is 0.239. The van der Waals surface area contributed by atoms with Crippen molar-refractivity contribution in [3.8, 4) is 0 Å². The van der Waals surface area contributed by atoms with Crippen molar-refractivity contribution in [2.75, 3.05) is 19.7 Å². The lowest BCUT2D eigenvalue weighted by atomic mass is 10.1. The van der Waals surface area contributed by atoms with E-state index in [1.807, 2.05) is 6.07 Å². The number of hydrogen-bond acceptors (Lipinski definition) is 2. The van der Waals surface area contributed by atoms with Gasteiger partial charge in [-0.15, -0.1) is 0 Å². The van der Waals surface area contributed by atoms with Crippen LogP contribution in [0.15, 0.2) is 22.7 Å². The second kappa shape index (κ2) is 2.78. The van der Waals surface area contributed by atoms with Crippen LogP contribution in [0.4, 0.5) is 4.39 Å². The maximum Gasteiger partial charge on any atom is 0.163 e. The molecule has 1 aromatic carbocycles. The summed E-state index contributed by atoms with van der Waals surface area (Å²) < 4.78 is 20.0. The summed E-state index contributed by atoms with van der Waals surface area (Å²) in [6.07, 6.45) is 0. The minimum Gasteiger partial charge on any atom is -0.353 e. The van der Waals surface area contributed by atoms with Gasteiger partial charge < -0.3 is 4.74 Å². The fourth-order valence-electron chi connectivity index (χ4n) is 2.08. The minimum atomic E-state index is -0.426. The van der Waals surface area contributed by atoms with Crippen molar-refractivity contribution in [3.63, 3.8) is 0 Å². The predicted octanol–water partition coefficient (Wildman–Crippen LogP) is 2.09. The second-order valence-electron chi connectivity index (χ2n) is 3.68. The van der Waals surface area contributed by atoms with Crippen molar-refractivity contribution in [1.29, 1.82) is 0 Å². The van der Waals surface area contributed by atoms with Gasteiger partial charge in [-0.25, -0.2) is 4.39 Å². The van der Waals surface area contributed by atoms with Crippen LogP contribution in [0.1, 0.15) is 5.56 Å². The van der Waals surface area contributed by atoms with Gasteiger partial charge in [0.15, 0.2) is 5.72 Å². The number of halogens is 2. The van der Waals surface area contributed by atoms with E-state index in [4.69, 9.17) is 4.74 Å². The van der Waals surface area contributed by atoms with Gasteiger partial charge in [0.2, 0.25) is 0 Å². The van der Waals surface area contributed by atoms with Gasteiger partial charge >= 0.3 is 0 Å². The van der Waals surface area contributed by atoms with Crippen LogP contribution in [0.25, 0.3) is 0 Å². The first kappa shape index (κ1) is 8.83. The third-order valence-electron chi connectivity index (χ3n) is 2.87. The van der Waals surface area contributed by atoms with Gasteiger partial charge in [-0.05, 0) is 12.1 Å². The topological polar surface area (TPSA) is 12.2 Å². The molecule has 2 atom stereocenters. The number of nitrogens with zero attached hydrogens (tertiary/aromatic N) is 1. The zero-order chi connectivity index (χ0) is 9.76. The molecule has 4 heteroatoms. The first-order valence-electron chi connectivity index (χ1n) is 4.57. The Bertz CT molecular complexity index is 398. The molecular weight excluding hydrogens is 249 g/mol. The van der Waals surface area contributed by atoms with Crippen molar-refractivity contribution in [1.82, 2.24) is 4.90 Å². The highest BCUT2D eigenvalue weighted by molar-refractivity contribution is 9.10. The fourth-order valence-corrected chi connectivity index (χ4v) is 2.42. The summed E-state index contributed by atoms with van der Waals surface area (Å²) in [6.45, 7) is 2.44. The van der Waals surface area contributed by atoms with Crippen LogP contribution in [0.3, 0.4) is 0 Å². The van der Waals surface area contributed by atoms with Crippen molar-refractivity contribution in [2.45, 2.75) is 5.72 Å². The van der Waals surface area contributed by atoms with E-state index < -0.39 is 5.72 Å². The lowest BCUT2D eigenvalue weighted by Gasteiger charge is -2.12. The molecule has 0 spiro atoms. The normalized spacial score (nSPS) is 34.3. The summed E-state index contributed by atoms with van der Waals surface area (Å²) in [4.78, 5) is 2.14. The zero-order valence-corrected chi connectivity index (χ0v) is 9.05. The third kappa shape index (κ3) is 1.08. The monoisotopic (exact) mass is 257 g/mol. The Kier molecular flexibility index (Phi) is 1.75. The van der Waals surface area contributed by atoms with Crippen LogP contribution in [-0.4, -0.2) is 24.6 Å². The Balaban J connectivity index is 2.05. The Morgan fingerprint density at radius 2 is 2.36 bits per heavy atom. The van der Waals surface area contributed by atoms with E-state index in [1.54, 1.807) is 6.07 Å². The molecule has 0 aromatic heterocycles. The highest BCUT2D eigenvalue weighted by Gasteiger charge is 2.59.